The van der Waals surface area contributed by atoms with Crippen LogP contribution in [0.3, 0.4) is 0 Å². The molecule has 0 atom stereocenters. The highest BCUT2D eigenvalue weighted by atomic mass is 32.1. The van der Waals surface area contributed by atoms with Crippen molar-refractivity contribution in [2.75, 3.05) is 0 Å². The van der Waals surface area contributed by atoms with Crippen LogP contribution in [0.1, 0.15) is 12.5 Å². The number of nitrogens with zero attached hydrogens (tertiary/aromatic N) is 2. The van der Waals surface area contributed by atoms with Crippen LogP contribution in [0.4, 0.5) is 0 Å². The highest BCUT2D eigenvalue weighted by Gasteiger charge is 2.08. The van der Waals surface area contributed by atoms with E-state index in [2.05, 4.69) is 4.37 Å². The summed E-state index contributed by atoms with van der Waals surface area (Å²) < 4.78 is 5.87. The van der Waals surface area contributed by atoms with Crippen molar-refractivity contribution >= 4 is 11.5 Å². The first-order valence-electron chi connectivity index (χ1n) is 4.86. The molecule has 0 aliphatic heterocycles. The van der Waals surface area contributed by atoms with Gasteiger partial charge in [0.25, 0.3) is 0 Å². The molecule has 3 nitrogen and oxygen atoms in total. The van der Waals surface area contributed by atoms with Gasteiger partial charge >= 0.3 is 4.87 Å². The molecular formula is C11H12N2OS. The average Bonchev–Trinajstić information content (AvgIpc) is 2.61. The molecule has 2 rings (SSSR count). The summed E-state index contributed by atoms with van der Waals surface area (Å²) in [5, 5.41) is 0. The molecule has 1 heterocycles. The van der Waals surface area contributed by atoms with E-state index in [-0.39, 0.29) is 4.87 Å². The summed E-state index contributed by atoms with van der Waals surface area (Å²) in [7, 11) is 0. The maximum atomic E-state index is 11.4. The topological polar surface area (TPSA) is 34.9 Å². The van der Waals surface area contributed by atoms with E-state index in [0.29, 0.717) is 6.54 Å². The number of benzene rings is 1. The van der Waals surface area contributed by atoms with E-state index in [1.807, 2.05) is 38.1 Å². The van der Waals surface area contributed by atoms with Gasteiger partial charge in [0.15, 0.2) is 5.82 Å². The van der Waals surface area contributed by atoms with Gasteiger partial charge in [-0.2, -0.15) is 4.37 Å². The SMILES string of the molecule is CCn1c(-c2ccc(C)cc2)nsc1=O. The fraction of sp³-hybridized carbons (Fsp3) is 0.273. The average molecular weight is 220 g/mol. The molecule has 0 aliphatic rings. The molecule has 0 unspecified atom stereocenters. The Bertz CT molecular complexity index is 510. The quantitative estimate of drug-likeness (QED) is 0.778. The molecule has 0 radical (unpaired) electrons. The fourth-order valence-corrected chi connectivity index (χ4v) is 2.14. The Kier molecular flexibility index (Phi) is 2.68. The molecule has 0 saturated carbocycles. The van der Waals surface area contributed by atoms with E-state index in [1.165, 1.54) is 5.56 Å². The van der Waals surface area contributed by atoms with Crippen molar-refractivity contribution in [3.63, 3.8) is 0 Å². The third-order valence-electron chi connectivity index (χ3n) is 2.31. The van der Waals surface area contributed by atoms with Gasteiger partial charge in [0, 0.05) is 23.6 Å². The number of rotatable bonds is 2. The predicted molar refractivity (Wildman–Crippen MR) is 62.2 cm³/mol. The summed E-state index contributed by atoms with van der Waals surface area (Å²) in [5.41, 5.74) is 2.21. The standard InChI is InChI=1S/C11H12N2OS/c1-3-13-10(12-15-11(13)14)9-6-4-8(2)5-7-9/h4-7H,3H2,1-2H3. The lowest BCUT2D eigenvalue weighted by Gasteiger charge is -2.02. The number of hydrogen-bond acceptors (Lipinski definition) is 3. The van der Waals surface area contributed by atoms with Gasteiger partial charge in [-0.3, -0.25) is 9.36 Å². The molecule has 0 bridgehead atoms. The van der Waals surface area contributed by atoms with Gasteiger partial charge in [-0.15, -0.1) is 0 Å². The van der Waals surface area contributed by atoms with E-state index < -0.39 is 0 Å². The zero-order valence-corrected chi connectivity index (χ0v) is 9.54. The van der Waals surface area contributed by atoms with Crippen LogP contribution in [-0.2, 0) is 6.54 Å². The molecule has 0 saturated heterocycles. The van der Waals surface area contributed by atoms with E-state index in [1.54, 1.807) is 4.57 Å². The first-order valence-corrected chi connectivity index (χ1v) is 5.63. The van der Waals surface area contributed by atoms with Crippen molar-refractivity contribution in [2.45, 2.75) is 20.4 Å². The summed E-state index contributed by atoms with van der Waals surface area (Å²) in [5.74, 6) is 0.771. The van der Waals surface area contributed by atoms with Crippen LogP contribution in [0.2, 0.25) is 0 Å². The van der Waals surface area contributed by atoms with Crippen molar-refractivity contribution < 1.29 is 0 Å². The highest BCUT2D eigenvalue weighted by Crippen LogP contribution is 2.17. The van der Waals surface area contributed by atoms with Gasteiger partial charge in [0.2, 0.25) is 0 Å². The lowest BCUT2D eigenvalue weighted by molar-refractivity contribution is 0.749. The minimum absolute atomic E-state index is 0.00748. The number of aryl methyl sites for hydroxylation is 1. The van der Waals surface area contributed by atoms with Crippen LogP contribution >= 0.6 is 11.5 Å². The van der Waals surface area contributed by atoms with Crippen LogP contribution < -0.4 is 4.87 Å². The van der Waals surface area contributed by atoms with Crippen LogP contribution in [0.15, 0.2) is 29.1 Å². The fourth-order valence-electron chi connectivity index (χ4n) is 1.46. The summed E-state index contributed by atoms with van der Waals surface area (Å²) in [6.07, 6.45) is 0. The van der Waals surface area contributed by atoms with Gasteiger partial charge in [0.1, 0.15) is 0 Å². The first-order chi connectivity index (χ1) is 7.22. The van der Waals surface area contributed by atoms with Gasteiger partial charge < -0.3 is 0 Å². The van der Waals surface area contributed by atoms with E-state index in [4.69, 9.17) is 0 Å². The largest absolute Gasteiger partial charge is 0.326 e. The van der Waals surface area contributed by atoms with E-state index >= 15 is 0 Å². The second-order valence-electron chi connectivity index (χ2n) is 3.38. The molecule has 78 valence electrons. The number of hydrogen-bond donors (Lipinski definition) is 0. The predicted octanol–water partition coefficient (Wildman–Crippen LogP) is 2.30. The smallest absolute Gasteiger partial charge is 0.282 e. The second-order valence-corrected chi connectivity index (χ2v) is 4.10. The maximum Gasteiger partial charge on any atom is 0.326 e. The molecule has 0 spiro atoms. The third-order valence-corrected chi connectivity index (χ3v) is 2.95. The minimum Gasteiger partial charge on any atom is -0.282 e. The molecule has 0 fully saturated rings. The summed E-state index contributed by atoms with van der Waals surface area (Å²) in [4.78, 5) is 11.4. The zero-order valence-electron chi connectivity index (χ0n) is 8.73. The van der Waals surface area contributed by atoms with E-state index in [0.717, 1.165) is 22.9 Å². The molecule has 4 heteroatoms. The van der Waals surface area contributed by atoms with Crippen molar-refractivity contribution in [1.82, 2.24) is 8.94 Å². The molecule has 1 aromatic carbocycles. The Hall–Kier alpha value is -1.42. The summed E-state index contributed by atoms with van der Waals surface area (Å²) in [6.45, 7) is 4.66. The van der Waals surface area contributed by atoms with Crippen molar-refractivity contribution in [1.29, 1.82) is 0 Å². The molecule has 1 aromatic heterocycles. The highest BCUT2D eigenvalue weighted by molar-refractivity contribution is 7.03. The molecule has 15 heavy (non-hydrogen) atoms. The summed E-state index contributed by atoms with van der Waals surface area (Å²) >= 11 is 1.01. The van der Waals surface area contributed by atoms with E-state index in [9.17, 15) is 4.79 Å². The monoisotopic (exact) mass is 220 g/mol. The molecule has 0 aliphatic carbocycles. The molecule has 0 N–H and O–H groups in total. The Morgan fingerprint density at radius 1 is 1.33 bits per heavy atom. The first kappa shape index (κ1) is 10.1. The Morgan fingerprint density at radius 2 is 2.00 bits per heavy atom. The summed E-state index contributed by atoms with van der Waals surface area (Å²) in [6, 6.07) is 8.05. The van der Waals surface area contributed by atoms with Crippen LogP contribution in [0.25, 0.3) is 11.4 Å². The zero-order chi connectivity index (χ0) is 10.8. The normalized spacial score (nSPS) is 10.5. The maximum absolute atomic E-state index is 11.4. The Morgan fingerprint density at radius 3 is 2.60 bits per heavy atom. The minimum atomic E-state index is 0.00748. The van der Waals surface area contributed by atoms with Gasteiger partial charge in [-0.05, 0) is 13.8 Å². The van der Waals surface area contributed by atoms with Crippen LogP contribution in [0.5, 0.6) is 0 Å². The van der Waals surface area contributed by atoms with Gasteiger partial charge in [-0.1, -0.05) is 29.8 Å². The van der Waals surface area contributed by atoms with Gasteiger partial charge in [0.05, 0.1) is 0 Å². The number of aromatic nitrogens is 2. The Balaban J connectivity index is 2.54. The lowest BCUT2D eigenvalue weighted by atomic mass is 10.1. The van der Waals surface area contributed by atoms with Crippen LogP contribution in [-0.4, -0.2) is 8.94 Å². The molecule has 2 aromatic rings. The molecule has 0 amide bonds. The van der Waals surface area contributed by atoms with Crippen molar-refractivity contribution in [3.05, 3.63) is 39.5 Å². The second kappa shape index (κ2) is 3.98. The lowest BCUT2D eigenvalue weighted by Crippen LogP contribution is -2.12. The van der Waals surface area contributed by atoms with Crippen LogP contribution in [0, 0.1) is 6.92 Å². The van der Waals surface area contributed by atoms with Crippen molar-refractivity contribution in [2.24, 2.45) is 0 Å². The van der Waals surface area contributed by atoms with Gasteiger partial charge in [-0.25, -0.2) is 0 Å². The molecular weight excluding hydrogens is 208 g/mol. The third kappa shape index (κ3) is 1.85. The van der Waals surface area contributed by atoms with Crippen molar-refractivity contribution in [3.8, 4) is 11.4 Å². The Labute approximate surface area is 92.2 Å².